The molecule has 160 valence electrons. The van der Waals surface area contributed by atoms with Gasteiger partial charge in [-0.05, 0) is 66.2 Å². The second kappa shape index (κ2) is 8.15. The lowest BCUT2D eigenvalue weighted by atomic mass is 9.90. The van der Waals surface area contributed by atoms with Crippen molar-refractivity contribution in [1.29, 1.82) is 0 Å². The summed E-state index contributed by atoms with van der Waals surface area (Å²) in [4.78, 5) is 18.6. The maximum Gasteiger partial charge on any atom is 0.227 e. The van der Waals surface area contributed by atoms with Gasteiger partial charge in [-0.15, -0.1) is 0 Å². The van der Waals surface area contributed by atoms with E-state index in [1.54, 1.807) is 6.20 Å². The molecule has 1 aromatic heterocycles. The largest absolute Gasteiger partial charge is 0.489 e. The monoisotopic (exact) mass is 424 g/mol. The Morgan fingerprint density at radius 3 is 2.50 bits per heavy atom. The van der Waals surface area contributed by atoms with E-state index in [2.05, 4.69) is 57.0 Å². The average Bonchev–Trinajstić information content (AvgIpc) is 3.12. The molecule has 1 unspecified atom stereocenters. The van der Waals surface area contributed by atoms with Crippen LogP contribution >= 0.6 is 0 Å². The first-order valence-corrected chi connectivity index (χ1v) is 13.7. The van der Waals surface area contributed by atoms with Gasteiger partial charge in [0.05, 0.1) is 18.0 Å². The Hall–Kier alpha value is -2.18. The Bertz CT molecular complexity index is 952. The van der Waals surface area contributed by atoms with E-state index in [0.717, 1.165) is 42.0 Å². The van der Waals surface area contributed by atoms with Gasteiger partial charge in [-0.3, -0.25) is 9.78 Å². The molecule has 0 saturated carbocycles. The molecule has 1 amide bonds. The van der Waals surface area contributed by atoms with Crippen LogP contribution in [-0.2, 0) is 22.1 Å². The number of amides is 1. The van der Waals surface area contributed by atoms with Gasteiger partial charge in [0.1, 0.15) is 12.4 Å². The fourth-order valence-electron chi connectivity index (χ4n) is 4.27. The SMILES string of the molecule is C[SiH](C)OC(COc1cncc(-c2cc3c4c(c2)CCN4C(=O)CC3)c1)C(C)(C)C. The molecule has 0 fully saturated rings. The average molecular weight is 425 g/mol. The summed E-state index contributed by atoms with van der Waals surface area (Å²) in [6.07, 6.45) is 6.06. The van der Waals surface area contributed by atoms with Gasteiger partial charge in [0.2, 0.25) is 5.91 Å². The van der Waals surface area contributed by atoms with E-state index in [4.69, 9.17) is 9.16 Å². The Kier molecular flexibility index (Phi) is 5.73. The number of pyridine rings is 1. The smallest absolute Gasteiger partial charge is 0.227 e. The minimum atomic E-state index is -1.16. The van der Waals surface area contributed by atoms with Crippen LogP contribution in [0.2, 0.25) is 13.1 Å². The molecule has 2 aliphatic rings. The Morgan fingerprint density at radius 2 is 1.80 bits per heavy atom. The summed E-state index contributed by atoms with van der Waals surface area (Å²) in [6.45, 7) is 12.3. The van der Waals surface area contributed by atoms with Crippen molar-refractivity contribution in [2.75, 3.05) is 18.1 Å². The summed E-state index contributed by atoms with van der Waals surface area (Å²) < 4.78 is 12.3. The Morgan fingerprint density at radius 1 is 1.07 bits per heavy atom. The molecule has 1 aromatic carbocycles. The van der Waals surface area contributed by atoms with E-state index in [1.165, 1.54) is 11.1 Å². The van der Waals surface area contributed by atoms with Crippen LogP contribution in [0.3, 0.4) is 0 Å². The van der Waals surface area contributed by atoms with Gasteiger partial charge in [0.15, 0.2) is 9.04 Å². The molecule has 5 nitrogen and oxygen atoms in total. The highest BCUT2D eigenvalue weighted by molar-refractivity contribution is 6.48. The lowest BCUT2D eigenvalue weighted by Gasteiger charge is -2.32. The molecule has 0 radical (unpaired) electrons. The highest BCUT2D eigenvalue weighted by Gasteiger charge is 2.31. The normalized spacial score (nSPS) is 16.7. The summed E-state index contributed by atoms with van der Waals surface area (Å²) in [5.74, 6) is 1.02. The topological polar surface area (TPSA) is 51.7 Å². The summed E-state index contributed by atoms with van der Waals surface area (Å²) in [5, 5.41) is 0. The van der Waals surface area contributed by atoms with Crippen LogP contribution < -0.4 is 9.64 Å². The van der Waals surface area contributed by atoms with Crippen LogP contribution in [0.5, 0.6) is 5.75 Å². The lowest BCUT2D eigenvalue weighted by Crippen LogP contribution is -2.38. The van der Waals surface area contributed by atoms with Gasteiger partial charge < -0.3 is 14.1 Å². The first-order chi connectivity index (χ1) is 14.2. The quantitative estimate of drug-likeness (QED) is 0.646. The third kappa shape index (κ3) is 4.30. The second-order valence-electron chi connectivity index (χ2n) is 9.70. The molecule has 0 spiro atoms. The predicted octanol–water partition coefficient (Wildman–Crippen LogP) is 4.38. The summed E-state index contributed by atoms with van der Waals surface area (Å²) >= 11 is 0. The van der Waals surface area contributed by atoms with E-state index in [0.29, 0.717) is 13.0 Å². The zero-order valence-corrected chi connectivity index (χ0v) is 19.9. The molecule has 2 aromatic rings. The molecule has 0 bridgehead atoms. The molecule has 0 N–H and O–H groups in total. The maximum absolute atomic E-state index is 12.2. The van der Waals surface area contributed by atoms with E-state index in [1.807, 2.05) is 11.1 Å². The molecule has 30 heavy (non-hydrogen) atoms. The molecule has 6 heteroatoms. The number of carbonyl (C=O) groups is 1. The van der Waals surface area contributed by atoms with Crippen LogP contribution in [0.15, 0.2) is 30.6 Å². The summed E-state index contributed by atoms with van der Waals surface area (Å²) in [6, 6.07) is 6.49. The zero-order chi connectivity index (χ0) is 21.5. The minimum absolute atomic E-state index is 0.0221. The van der Waals surface area contributed by atoms with Crippen LogP contribution in [0.4, 0.5) is 5.69 Å². The van der Waals surface area contributed by atoms with Crippen LogP contribution in [0.1, 0.15) is 38.3 Å². The third-order valence-electron chi connectivity index (χ3n) is 5.90. The zero-order valence-electron chi connectivity index (χ0n) is 18.7. The molecule has 1 atom stereocenters. The van der Waals surface area contributed by atoms with Gasteiger partial charge in [0.25, 0.3) is 0 Å². The van der Waals surface area contributed by atoms with Crippen LogP contribution in [0.25, 0.3) is 11.1 Å². The fourth-order valence-corrected chi connectivity index (χ4v) is 5.42. The van der Waals surface area contributed by atoms with Crippen molar-refractivity contribution in [3.05, 3.63) is 41.7 Å². The number of aryl methyl sites for hydroxylation is 1. The highest BCUT2D eigenvalue weighted by Crippen LogP contribution is 2.40. The van der Waals surface area contributed by atoms with Crippen molar-refractivity contribution in [3.8, 4) is 16.9 Å². The number of rotatable bonds is 6. The molecular formula is C24H32N2O3Si. The van der Waals surface area contributed by atoms with Crippen LogP contribution in [0, 0.1) is 5.41 Å². The maximum atomic E-state index is 12.2. The number of carbonyl (C=O) groups excluding carboxylic acids is 1. The van der Waals surface area contributed by atoms with Crippen molar-refractivity contribution in [1.82, 2.24) is 4.98 Å². The molecule has 2 aliphatic heterocycles. The number of aromatic nitrogens is 1. The number of nitrogens with zero attached hydrogens (tertiary/aromatic N) is 2. The molecule has 4 rings (SSSR count). The molecule has 0 aliphatic carbocycles. The number of anilines is 1. The predicted molar refractivity (Wildman–Crippen MR) is 123 cm³/mol. The fraction of sp³-hybridized carbons (Fsp3) is 0.500. The van der Waals surface area contributed by atoms with Crippen molar-refractivity contribution in [2.45, 2.75) is 59.2 Å². The molecule has 3 heterocycles. The van der Waals surface area contributed by atoms with Gasteiger partial charge in [0, 0.05) is 24.7 Å². The first kappa shape index (κ1) is 21.1. The van der Waals surface area contributed by atoms with Crippen molar-refractivity contribution in [3.63, 3.8) is 0 Å². The van der Waals surface area contributed by atoms with Gasteiger partial charge in [-0.2, -0.15) is 0 Å². The molecule has 0 saturated heterocycles. The van der Waals surface area contributed by atoms with E-state index in [9.17, 15) is 4.79 Å². The number of ether oxygens (including phenoxy) is 1. The Balaban J connectivity index is 1.55. The lowest BCUT2D eigenvalue weighted by molar-refractivity contribution is -0.118. The number of hydrogen-bond donors (Lipinski definition) is 0. The summed E-state index contributed by atoms with van der Waals surface area (Å²) in [5.41, 5.74) is 5.91. The number of hydrogen-bond acceptors (Lipinski definition) is 4. The number of benzene rings is 1. The van der Waals surface area contributed by atoms with Gasteiger partial charge in [-0.25, -0.2) is 0 Å². The van der Waals surface area contributed by atoms with Crippen molar-refractivity contribution in [2.24, 2.45) is 5.41 Å². The van der Waals surface area contributed by atoms with E-state index < -0.39 is 9.04 Å². The summed E-state index contributed by atoms with van der Waals surface area (Å²) in [7, 11) is -1.16. The third-order valence-corrected chi connectivity index (χ3v) is 6.77. The molecular weight excluding hydrogens is 392 g/mol. The van der Waals surface area contributed by atoms with Gasteiger partial charge >= 0.3 is 0 Å². The van der Waals surface area contributed by atoms with Crippen LogP contribution in [-0.4, -0.2) is 39.2 Å². The van der Waals surface area contributed by atoms with Crippen molar-refractivity contribution < 1.29 is 14.0 Å². The van der Waals surface area contributed by atoms with E-state index in [-0.39, 0.29) is 17.4 Å². The Labute approximate surface area is 181 Å². The standard InChI is InChI=1S/C24H32N2O3Si/c1-24(2,3)21(29-30(4)5)15-28-20-12-19(13-25-14-20)18-10-16-6-7-22(27)26-9-8-17(11-18)23(16)26/h10-14,21,30H,6-9,15H2,1-5H3. The highest BCUT2D eigenvalue weighted by atomic mass is 28.3. The first-order valence-electron chi connectivity index (χ1n) is 10.9. The van der Waals surface area contributed by atoms with E-state index >= 15 is 0 Å². The van der Waals surface area contributed by atoms with Crippen molar-refractivity contribution >= 4 is 20.6 Å². The second-order valence-corrected chi connectivity index (χ2v) is 12.1. The van der Waals surface area contributed by atoms with Gasteiger partial charge in [-0.1, -0.05) is 20.8 Å². The minimum Gasteiger partial charge on any atom is -0.489 e.